The summed E-state index contributed by atoms with van der Waals surface area (Å²) in [6, 6.07) is 14.4. The summed E-state index contributed by atoms with van der Waals surface area (Å²) >= 11 is 6.17. The van der Waals surface area contributed by atoms with Gasteiger partial charge in [-0.1, -0.05) is 11.6 Å². The van der Waals surface area contributed by atoms with E-state index in [0.29, 0.717) is 21.9 Å². The van der Waals surface area contributed by atoms with E-state index >= 15 is 0 Å². The Morgan fingerprint density at radius 1 is 0.811 bits per heavy atom. The van der Waals surface area contributed by atoms with Gasteiger partial charge < -0.3 is 9.80 Å². The quantitative estimate of drug-likeness (QED) is 0.297. The highest BCUT2D eigenvalue weighted by atomic mass is 35.5. The molecule has 1 fully saturated rings. The lowest BCUT2D eigenvalue weighted by Crippen LogP contribution is -2.44. The third-order valence-corrected chi connectivity index (χ3v) is 7.00. The lowest BCUT2D eigenvalue weighted by Gasteiger charge is -2.34. The van der Waals surface area contributed by atoms with Crippen LogP contribution in [0.3, 0.4) is 0 Å². The van der Waals surface area contributed by atoms with Gasteiger partial charge in [-0.25, -0.2) is 14.4 Å². The summed E-state index contributed by atoms with van der Waals surface area (Å²) in [6.07, 6.45) is 9.11. The van der Waals surface area contributed by atoms with E-state index in [4.69, 9.17) is 11.6 Å². The molecular formula is C29H24ClFN6. The Morgan fingerprint density at radius 3 is 2.41 bits per heavy atom. The summed E-state index contributed by atoms with van der Waals surface area (Å²) in [5.41, 5.74) is 6.11. The van der Waals surface area contributed by atoms with Crippen molar-refractivity contribution in [3.8, 4) is 33.5 Å². The fourth-order valence-electron chi connectivity index (χ4n) is 4.70. The molecule has 6 nitrogen and oxygen atoms in total. The van der Waals surface area contributed by atoms with Crippen LogP contribution in [0.2, 0.25) is 5.02 Å². The highest BCUT2D eigenvalue weighted by Gasteiger charge is 2.17. The Morgan fingerprint density at radius 2 is 1.57 bits per heavy atom. The number of hydrogen-bond acceptors (Lipinski definition) is 6. The Labute approximate surface area is 219 Å². The third-order valence-electron chi connectivity index (χ3n) is 6.76. The first-order valence-corrected chi connectivity index (χ1v) is 12.5. The van der Waals surface area contributed by atoms with Crippen molar-refractivity contribution in [2.75, 3.05) is 38.1 Å². The van der Waals surface area contributed by atoms with Crippen molar-refractivity contribution in [1.82, 2.24) is 24.8 Å². The zero-order chi connectivity index (χ0) is 25.4. The van der Waals surface area contributed by atoms with Gasteiger partial charge in [-0.05, 0) is 61.1 Å². The van der Waals surface area contributed by atoms with Crippen molar-refractivity contribution >= 4 is 28.3 Å². The zero-order valence-electron chi connectivity index (χ0n) is 20.3. The lowest BCUT2D eigenvalue weighted by molar-refractivity contribution is 0.313. The number of likely N-dealkylation sites (N-methyl/N-ethyl adjacent to an activating group) is 1. The van der Waals surface area contributed by atoms with E-state index in [9.17, 15) is 4.39 Å². The number of rotatable bonds is 4. The fraction of sp³-hybridized carbons (Fsp3) is 0.172. The van der Waals surface area contributed by atoms with Gasteiger partial charge in [0.05, 0.1) is 17.6 Å². The zero-order valence-corrected chi connectivity index (χ0v) is 21.0. The molecule has 37 heavy (non-hydrogen) atoms. The third kappa shape index (κ3) is 4.75. The van der Waals surface area contributed by atoms with Crippen LogP contribution < -0.4 is 4.90 Å². The molecule has 8 heteroatoms. The van der Waals surface area contributed by atoms with E-state index in [1.807, 2.05) is 36.8 Å². The first kappa shape index (κ1) is 23.5. The highest BCUT2D eigenvalue weighted by Crippen LogP contribution is 2.35. The first-order valence-electron chi connectivity index (χ1n) is 12.1. The molecule has 5 aromatic rings. The molecule has 0 saturated carbocycles. The largest absolute Gasteiger partial charge is 0.368 e. The Hall–Kier alpha value is -3.94. The summed E-state index contributed by atoms with van der Waals surface area (Å²) in [4.78, 5) is 22.8. The molecule has 5 heterocycles. The maximum atomic E-state index is 14.7. The number of aromatic nitrogens is 4. The van der Waals surface area contributed by atoms with E-state index in [1.54, 1.807) is 18.5 Å². The molecule has 0 spiro atoms. The molecule has 0 amide bonds. The van der Waals surface area contributed by atoms with Crippen LogP contribution >= 0.6 is 11.6 Å². The molecule has 1 aliphatic heterocycles. The molecule has 0 atom stereocenters. The maximum Gasteiger partial charge on any atom is 0.160 e. The van der Waals surface area contributed by atoms with Crippen LogP contribution in [0.5, 0.6) is 0 Å². The topological polar surface area (TPSA) is 58.0 Å². The van der Waals surface area contributed by atoms with Gasteiger partial charge in [0, 0.05) is 83.6 Å². The second-order valence-corrected chi connectivity index (χ2v) is 9.67. The molecule has 6 rings (SSSR count). The van der Waals surface area contributed by atoms with Crippen LogP contribution in [0.1, 0.15) is 0 Å². The number of anilines is 1. The molecular weight excluding hydrogens is 487 g/mol. The van der Waals surface area contributed by atoms with E-state index < -0.39 is 5.82 Å². The van der Waals surface area contributed by atoms with Crippen LogP contribution in [0.4, 0.5) is 10.1 Å². The van der Waals surface area contributed by atoms with Crippen LogP contribution in [0.25, 0.3) is 44.5 Å². The molecule has 184 valence electrons. The van der Waals surface area contributed by atoms with Gasteiger partial charge in [0.15, 0.2) is 5.65 Å². The number of nitrogens with zero attached hydrogens (tertiary/aromatic N) is 6. The van der Waals surface area contributed by atoms with Crippen molar-refractivity contribution in [3.05, 3.63) is 90.4 Å². The van der Waals surface area contributed by atoms with Crippen LogP contribution in [0.15, 0.2) is 79.5 Å². The molecule has 0 aliphatic carbocycles. The minimum Gasteiger partial charge on any atom is -0.368 e. The summed E-state index contributed by atoms with van der Waals surface area (Å²) in [5.74, 6) is -0.392. The molecule has 0 unspecified atom stereocenters. The number of halogens is 2. The molecule has 1 saturated heterocycles. The summed E-state index contributed by atoms with van der Waals surface area (Å²) in [6.45, 7) is 4.00. The number of hydrogen-bond donors (Lipinski definition) is 0. The molecule has 4 aromatic heterocycles. The molecule has 0 bridgehead atoms. The maximum absolute atomic E-state index is 14.7. The van der Waals surface area contributed by atoms with E-state index in [1.165, 1.54) is 12.1 Å². The summed E-state index contributed by atoms with van der Waals surface area (Å²) in [5, 5.41) is 1.30. The number of fused-ring (bicyclic) bond motifs is 1. The van der Waals surface area contributed by atoms with Crippen LogP contribution in [0, 0.1) is 5.82 Å². The average Bonchev–Trinajstić information content (AvgIpc) is 2.94. The average molecular weight is 511 g/mol. The fourth-order valence-corrected chi connectivity index (χ4v) is 4.87. The van der Waals surface area contributed by atoms with Gasteiger partial charge in [-0.15, -0.1) is 0 Å². The molecule has 0 radical (unpaired) electrons. The van der Waals surface area contributed by atoms with Gasteiger partial charge in [0.25, 0.3) is 0 Å². The Kier molecular flexibility index (Phi) is 6.24. The molecule has 1 aliphatic rings. The number of benzene rings is 1. The van der Waals surface area contributed by atoms with Crippen molar-refractivity contribution in [2.45, 2.75) is 0 Å². The van der Waals surface area contributed by atoms with E-state index in [-0.39, 0.29) is 0 Å². The van der Waals surface area contributed by atoms with Gasteiger partial charge in [-0.2, -0.15) is 0 Å². The van der Waals surface area contributed by atoms with Crippen LogP contribution in [-0.4, -0.2) is 58.1 Å². The number of pyridine rings is 4. The summed E-state index contributed by atoms with van der Waals surface area (Å²) in [7, 11) is 2.15. The Bertz CT molecular complexity index is 1600. The van der Waals surface area contributed by atoms with Crippen molar-refractivity contribution in [1.29, 1.82) is 0 Å². The van der Waals surface area contributed by atoms with Crippen molar-refractivity contribution < 1.29 is 4.39 Å². The second-order valence-electron chi connectivity index (χ2n) is 9.24. The van der Waals surface area contributed by atoms with Gasteiger partial charge in [0.1, 0.15) is 5.82 Å². The van der Waals surface area contributed by atoms with Gasteiger partial charge in [0.2, 0.25) is 0 Å². The van der Waals surface area contributed by atoms with Crippen LogP contribution in [-0.2, 0) is 0 Å². The van der Waals surface area contributed by atoms with Gasteiger partial charge in [-0.3, -0.25) is 9.97 Å². The standard InChI is InChI=1S/C29H24ClFN6/c1-36-7-9-37(10-8-36)23-12-20(16-33-18-23)19-11-21(17-32-15-19)25-14-28(26-13-22(30)4-5-27(26)31)35-29-24(25)3-2-6-34-29/h2-6,11-18H,7-10H2,1H3. The lowest BCUT2D eigenvalue weighted by atomic mass is 9.98. The smallest absolute Gasteiger partial charge is 0.160 e. The predicted molar refractivity (Wildman–Crippen MR) is 146 cm³/mol. The highest BCUT2D eigenvalue weighted by molar-refractivity contribution is 6.30. The van der Waals surface area contributed by atoms with Crippen molar-refractivity contribution in [3.63, 3.8) is 0 Å². The normalized spacial score (nSPS) is 14.3. The Balaban J connectivity index is 1.44. The molecule has 1 aromatic carbocycles. The van der Waals surface area contributed by atoms with Crippen molar-refractivity contribution in [2.24, 2.45) is 0 Å². The monoisotopic (exact) mass is 510 g/mol. The SMILES string of the molecule is CN1CCN(c2cncc(-c3cncc(-c4cc(-c5cc(Cl)ccc5F)nc5ncccc45)c3)c2)CC1. The minimum atomic E-state index is -0.392. The van der Waals surface area contributed by atoms with Gasteiger partial charge >= 0.3 is 0 Å². The second kappa shape index (κ2) is 9.84. The van der Waals surface area contributed by atoms with E-state index in [2.05, 4.69) is 48.9 Å². The minimum absolute atomic E-state index is 0.328. The molecule has 0 N–H and O–H groups in total. The number of piperazine rings is 1. The van der Waals surface area contributed by atoms with E-state index in [0.717, 1.165) is 59.5 Å². The first-order chi connectivity index (χ1) is 18.0. The predicted octanol–water partition coefficient (Wildman–Crippen LogP) is 5.97. The summed E-state index contributed by atoms with van der Waals surface area (Å²) < 4.78 is 14.7.